The van der Waals surface area contributed by atoms with Gasteiger partial charge in [0.25, 0.3) is 23.6 Å². The number of ketones is 10. The zero-order valence-electron chi connectivity index (χ0n) is 80.9. The topological polar surface area (TPSA) is 288 Å². The van der Waals surface area contributed by atoms with E-state index in [1.54, 1.807) is 77.4 Å². The van der Waals surface area contributed by atoms with Crippen molar-refractivity contribution in [3.8, 4) is 0 Å². The molecule has 4 amide bonds. The molecule has 20 heteroatoms. The van der Waals surface area contributed by atoms with E-state index in [-0.39, 0.29) is 63.4 Å². The molecule has 20 nitrogen and oxygen atoms in total. The minimum absolute atomic E-state index is 0.0511. The maximum Gasteiger partial charge on any atom is 0.261 e. The maximum absolute atomic E-state index is 12.4. The van der Waals surface area contributed by atoms with Crippen molar-refractivity contribution in [1.29, 1.82) is 0 Å². The van der Waals surface area contributed by atoms with Gasteiger partial charge in [0.2, 0.25) is 0 Å². The summed E-state index contributed by atoms with van der Waals surface area (Å²) in [7, 11) is 6.38. The Balaban J connectivity index is 0.000000143. The first-order valence-electron chi connectivity index (χ1n) is 44.2. The van der Waals surface area contributed by atoms with Gasteiger partial charge in [-0.05, 0) is 407 Å². The Morgan fingerprint density at radius 3 is 0.816 bits per heavy atom. The highest BCUT2D eigenvalue weighted by Gasteiger charge is 2.39. The van der Waals surface area contributed by atoms with Crippen molar-refractivity contribution in [2.24, 2.45) is 17.3 Å². The van der Waals surface area contributed by atoms with Gasteiger partial charge in [0.15, 0.2) is 57.8 Å². The summed E-state index contributed by atoms with van der Waals surface area (Å²) >= 11 is 0. The number of benzene rings is 6. The second kappa shape index (κ2) is 40.2. The van der Waals surface area contributed by atoms with E-state index in [4.69, 9.17) is 0 Å². The molecule has 2 aliphatic heterocycles. The monoisotopic (exact) mass is 1810 g/mol. The van der Waals surface area contributed by atoms with Gasteiger partial charge in [0, 0.05) is 88.7 Å². The van der Waals surface area contributed by atoms with E-state index in [9.17, 15) is 67.1 Å². The van der Waals surface area contributed by atoms with Gasteiger partial charge in [-0.15, -0.1) is 0 Å². The van der Waals surface area contributed by atoms with Crippen LogP contribution in [0.5, 0.6) is 0 Å². The van der Waals surface area contributed by atoms with Gasteiger partial charge >= 0.3 is 0 Å². The molecule has 18 rings (SSSR count). The highest BCUT2D eigenvalue weighted by atomic mass is 16.2. The molecule has 6 aromatic carbocycles. The second-order valence-electron chi connectivity index (χ2n) is 35.2. The van der Waals surface area contributed by atoms with Crippen LogP contribution in [0.3, 0.4) is 0 Å². The van der Waals surface area contributed by atoms with E-state index in [1.807, 2.05) is 221 Å². The summed E-state index contributed by atoms with van der Waals surface area (Å²) in [5.74, 6) is -1.68. The summed E-state index contributed by atoms with van der Waals surface area (Å²) < 4.78 is 1.85. The number of allylic oxidation sites excluding steroid dienone is 39. The average molecular weight is 1810 g/mol. The third kappa shape index (κ3) is 19.4. The van der Waals surface area contributed by atoms with Crippen molar-refractivity contribution in [3.63, 3.8) is 0 Å². The van der Waals surface area contributed by atoms with Crippen LogP contribution < -0.4 is 10.6 Å². The van der Waals surface area contributed by atoms with Crippen molar-refractivity contribution >= 4 is 117 Å². The minimum atomic E-state index is -0.431. The standard InChI is InChI=1S/C22H16O2.C18H18O2.C17H22N2.C17H12O3.C16H10N2O4.C16H16O2.C10H12N2O/c1-13-11-19(15-7-3-5-9-17(15)21(13)23)20-12-14(2)22(24)18-10-6-4-8-16(18)20;1-11-7-15(8-12(2)17(11)19)5-6-16-9-13(3)18(20)14(4)10-16;1-9-10(2)12(4)16(13(5)11(9)3)17-14(6)18-19(8)15(17)7;1-9-7-11(8-10(2)15(9)18)14-16(19)12-5-3-4-6-13(12)17(14)20;1-17-13(19)7-3-5-9-12-10(16(22)18(2)15(9)21)6-4-8(11(7)12)14(17)20;1-9-5-13(6-10(2)15(9)17)14-7-11(3)16(18)12(4)8-14;1-7-4-9(6-12-11-3)5-8(2)10(7)13/h3-12H,1-2H3;5-10H,1-4H3;1,7H2,2-6,8H3;3-8H,1-2H3;3-6H,1-2H3;5-8H,1-4H3;4-6H,1-3H3/b20-19+;;;;;;. The molecule has 684 valence electrons. The molecule has 3 heterocycles. The fraction of sp³-hybridized carbons (Fsp3) is 0.198. The Labute approximate surface area is 790 Å². The van der Waals surface area contributed by atoms with Gasteiger partial charge in [-0.2, -0.15) is 15.3 Å². The quantitative estimate of drug-likeness (QED) is 0.0673. The molecule has 136 heavy (non-hydrogen) atoms. The van der Waals surface area contributed by atoms with E-state index in [0.717, 1.165) is 154 Å². The summed E-state index contributed by atoms with van der Waals surface area (Å²) in [5.41, 5.74) is 29.3. The molecule has 0 unspecified atom stereocenters. The van der Waals surface area contributed by atoms with Crippen molar-refractivity contribution in [1.82, 2.24) is 19.6 Å². The summed E-state index contributed by atoms with van der Waals surface area (Å²) in [4.78, 5) is 171. The SMILES string of the molecule is C=c1c(C)c(C)c(=c2c(C)nn(C)c2=C)c(C)c1C.CC1=C/C(=C2/C=C(C)C(=O)c3ccccc32)c2ccccc2C1=O.CC1=CC(=C2C(=O)c3ccccc3C2=O)C=C(C)C1=O.CC1=CC(=C2C=C(C)C(=O)C(C)=C2)C=C(C)C1=O.CC1=CC(=CC=C2C=C(C)C(=O)C(C)=C2)C=C(C)C1=O.CN1C(=O)c2ccc3c4c(ccc(c24)C1=O)C(=O)N(C)C3=O.CN=NC=C1C=C(C)C(=O)C(C)=C1. The lowest BCUT2D eigenvalue weighted by molar-refractivity contribution is -0.113. The van der Waals surface area contributed by atoms with Crippen LogP contribution in [-0.4, -0.2) is 122 Å². The summed E-state index contributed by atoms with van der Waals surface area (Å²) in [6.45, 7) is 44.3. The highest BCUT2D eigenvalue weighted by Crippen LogP contribution is 2.42. The molecule has 0 radical (unpaired) electrons. The molecule has 0 fully saturated rings. The van der Waals surface area contributed by atoms with Crippen LogP contribution in [0.15, 0.2) is 328 Å². The Kier molecular flexibility index (Phi) is 29.2. The molecule has 0 saturated carbocycles. The van der Waals surface area contributed by atoms with Crippen molar-refractivity contribution in [2.45, 2.75) is 132 Å². The van der Waals surface area contributed by atoms with Crippen LogP contribution in [0.25, 0.3) is 35.1 Å². The van der Waals surface area contributed by atoms with Crippen molar-refractivity contribution in [2.75, 3.05) is 21.1 Å². The third-order valence-corrected chi connectivity index (χ3v) is 25.4. The van der Waals surface area contributed by atoms with Gasteiger partial charge in [-0.1, -0.05) is 98.1 Å². The molecule has 0 spiro atoms. The maximum atomic E-state index is 12.4. The molecule has 7 aromatic rings. The summed E-state index contributed by atoms with van der Waals surface area (Å²) in [5, 5.41) is 17.2. The van der Waals surface area contributed by atoms with Crippen LogP contribution in [0.2, 0.25) is 0 Å². The van der Waals surface area contributed by atoms with E-state index in [0.29, 0.717) is 60.9 Å². The van der Waals surface area contributed by atoms with Crippen LogP contribution in [0.1, 0.15) is 219 Å². The van der Waals surface area contributed by atoms with Gasteiger partial charge in [0.05, 0.1) is 22.8 Å². The number of nitrogens with zero attached hydrogens (tertiary/aromatic N) is 6. The van der Waals surface area contributed by atoms with E-state index < -0.39 is 23.6 Å². The number of hydrogen-bond donors (Lipinski definition) is 0. The number of aryl methyl sites for hydroxylation is 2. The Bertz CT molecular complexity index is 7140. The molecule has 11 aliphatic rings. The Hall–Kier alpha value is -16.1. The van der Waals surface area contributed by atoms with Gasteiger partial charge in [0.1, 0.15) is 0 Å². The number of rotatable bonds is 2. The minimum Gasteiger partial charge on any atom is -0.289 e. The van der Waals surface area contributed by atoms with Gasteiger partial charge < -0.3 is 0 Å². The lowest BCUT2D eigenvalue weighted by Crippen LogP contribution is -2.40. The van der Waals surface area contributed by atoms with Gasteiger partial charge in [-0.3, -0.25) is 81.6 Å². The number of amides is 4. The number of aromatic nitrogens is 2. The smallest absolute Gasteiger partial charge is 0.261 e. The average Bonchev–Trinajstić information content (AvgIpc) is 0.958. The lowest BCUT2D eigenvalue weighted by Gasteiger charge is -2.29. The number of carbonyl (C=O) groups excluding carboxylic acids is 14. The molecule has 0 saturated heterocycles. The normalized spacial score (nSPS) is 17.6. The zero-order chi connectivity index (χ0) is 99.7. The number of azo groups is 1. The number of hydrogen-bond acceptors (Lipinski definition) is 17. The first kappa shape index (κ1) is 98.9. The fourth-order valence-corrected chi connectivity index (χ4v) is 17.7. The predicted octanol–water partition coefficient (Wildman–Crippen LogP) is 20.5. The first-order valence-corrected chi connectivity index (χ1v) is 44.2. The second-order valence-corrected chi connectivity index (χ2v) is 35.2. The Morgan fingerprint density at radius 1 is 0.279 bits per heavy atom. The van der Waals surface area contributed by atoms with Crippen LogP contribution in [0, 0.1) is 45.1 Å². The summed E-state index contributed by atoms with van der Waals surface area (Å²) in [6.07, 6.45) is 31.4. The van der Waals surface area contributed by atoms with Gasteiger partial charge in [-0.25, -0.2) is 0 Å². The molecular formula is C116H106N6O14. The number of imide groups is 2. The predicted molar refractivity (Wildman–Crippen MR) is 533 cm³/mol. The fourth-order valence-electron chi connectivity index (χ4n) is 17.7. The zero-order valence-corrected chi connectivity index (χ0v) is 80.9. The van der Waals surface area contributed by atoms with Crippen molar-refractivity contribution in [3.05, 3.63) is 422 Å². The molecule has 0 atom stereocenters. The first-order chi connectivity index (χ1) is 64.2. The number of Topliss-reactive ketones (excluding diaryl/α,β-unsaturated/α-hetero) is 10. The number of carbonyl (C=O) groups is 14. The van der Waals surface area contributed by atoms with E-state index in [2.05, 4.69) is 56.2 Å². The number of fused-ring (bicyclic) bond motifs is 3. The van der Waals surface area contributed by atoms with Crippen LogP contribution >= 0.6 is 0 Å². The largest absolute Gasteiger partial charge is 0.289 e. The Morgan fingerprint density at radius 2 is 0.537 bits per heavy atom. The van der Waals surface area contributed by atoms with Crippen LogP contribution in [0.4, 0.5) is 0 Å². The van der Waals surface area contributed by atoms with E-state index >= 15 is 0 Å². The van der Waals surface area contributed by atoms with E-state index in [1.165, 1.54) is 71.1 Å². The molecule has 0 N–H and O–H groups in total. The summed E-state index contributed by atoms with van der Waals surface area (Å²) in [6, 6.07) is 28.3. The lowest BCUT2D eigenvalue weighted by atomic mass is 9.79. The molecular weight excluding hydrogens is 1700 g/mol. The van der Waals surface area contributed by atoms with Crippen LogP contribution in [-0.2, 0) is 35.8 Å². The molecule has 9 aliphatic carbocycles. The van der Waals surface area contributed by atoms with Crippen molar-refractivity contribution < 1.29 is 67.1 Å². The molecule has 0 bridgehead atoms. The third-order valence-electron chi connectivity index (χ3n) is 25.4. The molecule has 1 aromatic heterocycles. The highest BCUT2D eigenvalue weighted by molar-refractivity contribution is 6.40.